The van der Waals surface area contributed by atoms with E-state index in [1.807, 2.05) is 6.92 Å². The predicted molar refractivity (Wildman–Crippen MR) is 96.7 cm³/mol. The molecule has 25 heavy (non-hydrogen) atoms. The molecule has 1 amide bonds. The zero-order valence-corrected chi connectivity index (χ0v) is 15.2. The molecule has 4 aliphatic rings. The Bertz CT molecular complexity index is 784. The minimum atomic E-state index is 0.134. The van der Waals surface area contributed by atoms with Crippen LogP contribution in [-0.4, -0.2) is 57.0 Å². The van der Waals surface area contributed by atoms with Gasteiger partial charge < -0.3 is 4.90 Å². The summed E-state index contributed by atoms with van der Waals surface area (Å²) in [4.78, 5) is 18.8. The monoisotopic (exact) mass is 354 g/mol. The molecule has 0 unspecified atom stereocenters. The van der Waals surface area contributed by atoms with Gasteiger partial charge in [-0.15, -0.1) is 5.10 Å². The normalized spacial score (nSPS) is 33.5. The van der Waals surface area contributed by atoms with Gasteiger partial charge in [0.1, 0.15) is 4.88 Å². The number of likely N-dealkylation sites (tertiary alicyclic amines) is 1. The minimum absolute atomic E-state index is 0.134. The Kier molecular flexibility index (Phi) is 3.64. The van der Waals surface area contributed by atoms with Crippen molar-refractivity contribution >= 4 is 17.4 Å². The first-order chi connectivity index (χ1) is 12.2. The van der Waals surface area contributed by atoms with E-state index < -0.39 is 0 Å². The second-order valence-electron chi connectivity index (χ2n) is 7.52. The van der Waals surface area contributed by atoms with Crippen LogP contribution in [0.3, 0.4) is 0 Å². The van der Waals surface area contributed by atoms with Crippen molar-refractivity contribution in [2.24, 2.45) is 5.92 Å². The first kappa shape index (κ1) is 15.5. The number of benzene rings is 1. The molecule has 0 radical (unpaired) electrons. The van der Waals surface area contributed by atoms with Gasteiger partial charge in [-0.2, -0.15) is 0 Å². The Morgan fingerprint density at radius 3 is 2.60 bits per heavy atom. The fraction of sp³-hybridized carbons (Fsp3) is 0.526. The topological polar surface area (TPSA) is 49.3 Å². The molecule has 6 heteroatoms. The number of aromatic nitrogens is 2. The van der Waals surface area contributed by atoms with Crippen molar-refractivity contribution in [3.05, 3.63) is 46.5 Å². The number of aryl methyl sites for hydroxylation is 1. The molecule has 0 spiro atoms. The van der Waals surface area contributed by atoms with E-state index >= 15 is 0 Å². The van der Waals surface area contributed by atoms with Crippen molar-refractivity contribution in [2.45, 2.75) is 37.8 Å². The molecule has 5 heterocycles. The number of hydrogen-bond donors (Lipinski definition) is 0. The number of hydrogen-bond acceptors (Lipinski definition) is 5. The van der Waals surface area contributed by atoms with Gasteiger partial charge in [-0.05, 0) is 55.9 Å². The van der Waals surface area contributed by atoms with Crippen LogP contribution >= 0.6 is 11.5 Å². The van der Waals surface area contributed by atoms with Crippen LogP contribution in [0.4, 0.5) is 0 Å². The van der Waals surface area contributed by atoms with E-state index in [1.165, 1.54) is 43.0 Å². The standard InChI is InChI=1S/C19H22N4OS/c1-12-18(25-21-20-12)19(24)23-11-15(13-5-3-2-4-6-13)17-16(23)14-7-9-22(17)10-8-14/h2-6,14-17H,7-11H2,1H3/t15-,16+,17+/m0/s1. The van der Waals surface area contributed by atoms with E-state index in [0.717, 1.165) is 12.2 Å². The summed E-state index contributed by atoms with van der Waals surface area (Å²) in [5, 5.41) is 4.05. The second kappa shape index (κ2) is 5.88. The largest absolute Gasteiger partial charge is 0.332 e. The summed E-state index contributed by atoms with van der Waals surface area (Å²) in [6.07, 6.45) is 2.43. The van der Waals surface area contributed by atoms with Crippen LogP contribution < -0.4 is 0 Å². The van der Waals surface area contributed by atoms with Gasteiger partial charge >= 0.3 is 0 Å². The first-order valence-corrected chi connectivity index (χ1v) is 9.90. The van der Waals surface area contributed by atoms with E-state index in [0.29, 0.717) is 28.8 Å². The third-order valence-corrected chi connectivity index (χ3v) is 7.14. The third kappa shape index (κ3) is 2.34. The number of rotatable bonds is 2. The van der Waals surface area contributed by atoms with Crippen molar-refractivity contribution < 1.29 is 4.79 Å². The summed E-state index contributed by atoms with van der Waals surface area (Å²) >= 11 is 1.24. The van der Waals surface area contributed by atoms with Crippen molar-refractivity contribution in [3.8, 4) is 0 Å². The van der Waals surface area contributed by atoms with Gasteiger partial charge in [0.05, 0.1) is 11.7 Å². The molecule has 130 valence electrons. The molecule has 0 saturated carbocycles. The molecule has 0 aliphatic carbocycles. The molecule has 2 bridgehead atoms. The smallest absolute Gasteiger partial charge is 0.267 e. The SMILES string of the molecule is Cc1nnsc1C(=O)N1C[C@@H](c2ccccc2)[C@@H]2[C@H]1C1CCN2CC1. The number of carbonyl (C=O) groups is 1. The zero-order chi connectivity index (χ0) is 17.0. The highest BCUT2D eigenvalue weighted by molar-refractivity contribution is 7.07. The molecule has 3 atom stereocenters. The van der Waals surface area contributed by atoms with E-state index in [9.17, 15) is 4.79 Å². The summed E-state index contributed by atoms with van der Waals surface area (Å²) < 4.78 is 3.98. The highest BCUT2D eigenvalue weighted by Gasteiger charge is 2.54. The summed E-state index contributed by atoms with van der Waals surface area (Å²) in [6.45, 7) is 5.05. The van der Waals surface area contributed by atoms with Crippen LogP contribution in [0.1, 0.15) is 39.7 Å². The number of nitrogens with zero attached hydrogens (tertiary/aromatic N) is 4. The maximum atomic E-state index is 13.3. The van der Waals surface area contributed by atoms with Gasteiger partial charge in [-0.3, -0.25) is 9.69 Å². The lowest BCUT2D eigenvalue weighted by molar-refractivity contribution is -0.00328. The van der Waals surface area contributed by atoms with Crippen LogP contribution in [-0.2, 0) is 0 Å². The third-order valence-electron chi connectivity index (χ3n) is 6.33. The van der Waals surface area contributed by atoms with Gasteiger partial charge in [-0.1, -0.05) is 34.8 Å². The number of carbonyl (C=O) groups excluding carboxylic acids is 1. The molecule has 0 N–H and O–H groups in total. The van der Waals surface area contributed by atoms with Gasteiger partial charge in [-0.25, -0.2) is 0 Å². The Hall–Kier alpha value is -1.79. The summed E-state index contributed by atoms with van der Waals surface area (Å²) in [5.41, 5.74) is 2.12. The molecule has 5 nitrogen and oxygen atoms in total. The Morgan fingerprint density at radius 1 is 1.16 bits per heavy atom. The zero-order valence-electron chi connectivity index (χ0n) is 14.3. The number of fused-ring (bicyclic) bond motifs is 2. The molecule has 1 aromatic heterocycles. The molecule has 1 aromatic carbocycles. The average molecular weight is 354 g/mol. The number of piperidine rings is 3. The molecule has 4 fully saturated rings. The first-order valence-electron chi connectivity index (χ1n) is 9.13. The predicted octanol–water partition coefficient (Wildman–Crippen LogP) is 2.55. The quantitative estimate of drug-likeness (QED) is 0.832. The molecule has 6 rings (SSSR count). The van der Waals surface area contributed by atoms with Gasteiger partial charge in [0, 0.05) is 18.5 Å². The fourth-order valence-corrected chi connectivity index (χ4v) is 5.82. The van der Waals surface area contributed by atoms with E-state index in [4.69, 9.17) is 0 Å². The maximum absolute atomic E-state index is 13.3. The van der Waals surface area contributed by atoms with Crippen molar-refractivity contribution in [2.75, 3.05) is 19.6 Å². The highest BCUT2D eigenvalue weighted by Crippen LogP contribution is 2.47. The average Bonchev–Trinajstić information content (AvgIpc) is 3.28. The van der Waals surface area contributed by atoms with Gasteiger partial charge in [0.15, 0.2) is 0 Å². The van der Waals surface area contributed by atoms with Crippen molar-refractivity contribution in [1.29, 1.82) is 0 Å². The Balaban J connectivity index is 1.54. The summed E-state index contributed by atoms with van der Waals surface area (Å²) in [6, 6.07) is 11.5. The fourth-order valence-electron chi connectivity index (χ4n) is 5.21. The van der Waals surface area contributed by atoms with Crippen LogP contribution in [0.25, 0.3) is 0 Å². The van der Waals surface area contributed by atoms with E-state index in [1.54, 1.807) is 0 Å². The molecule has 4 aliphatic heterocycles. The molecule has 2 aromatic rings. The number of amides is 1. The second-order valence-corrected chi connectivity index (χ2v) is 8.27. The Labute approximate surface area is 151 Å². The van der Waals surface area contributed by atoms with Crippen LogP contribution in [0.5, 0.6) is 0 Å². The molecule has 4 saturated heterocycles. The minimum Gasteiger partial charge on any atom is -0.332 e. The lowest BCUT2D eigenvalue weighted by atomic mass is 9.75. The van der Waals surface area contributed by atoms with E-state index in [-0.39, 0.29) is 5.91 Å². The van der Waals surface area contributed by atoms with Crippen LogP contribution in [0, 0.1) is 12.8 Å². The summed E-state index contributed by atoms with van der Waals surface area (Å²) in [5.74, 6) is 1.17. The van der Waals surface area contributed by atoms with Crippen molar-refractivity contribution in [3.63, 3.8) is 0 Å². The molecular weight excluding hydrogens is 332 g/mol. The molecular formula is C19H22N4OS. The Morgan fingerprint density at radius 2 is 1.92 bits per heavy atom. The maximum Gasteiger partial charge on any atom is 0.267 e. The highest BCUT2D eigenvalue weighted by atomic mass is 32.1. The van der Waals surface area contributed by atoms with E-state index in [2.05, 4.69) is 49.7 Å². The van der Waals surface area contributed by atoms with Gasteiger partial charge in [0.2, 0.25) is 0 Å². The lowest BCUT2D eigenvalue weighted by Crippen LogP contribution is -2.60. The van der Waals surface area contributed by atoms with Crippen LogP contribution in [0.2, 0.25) is 0 Å². The van der Waals surface area contributed by atoms with Crippen molar-refractivity contribution in [1.82, 2.24) is 19.4 Å². The lowest BCUT2D eigenvalue weighted by Gasteiger charge is -2.51. The van der Waals surface area contributed by atoms with Gasteiger partial charge in [0.25, 0.3) is 5.91 Å². The summed E-state index contributed by atoms with van der Waals surface area (Å²) in [7, 11) is 0. The van der Waals surface area contributed by atoms with Crippen LogP contribution in [0.15, 0.2) is 30.3 Å².